The van der Waals surface area contributed by atoms with E-state index in [0.717, 1.165) is 16.4 Å². The van der Waals surface area contributed by atoms with Crippen LogP contribution in [0.4, 0.5) is 13.2 Å². The molecule has 0 unspecified atom stereocenters. The highest BCUT2D eigenvalue weighted by Crippen LogP contribution is 2.34. The molecule has 1 amide bonds. The van der Waals surface area contributed by atoms with E-state index in [1.807, 2.05) is 0 Å². The Bertz CT molecular complexity index is 1030. The number of hydrogen-bond donors (Lipinski definition) is 0. The third-order valence-electron chi connectivity index (χ3n) is 4.74. The molecule has 0 bridgehead atoms. The summed E-state index contributed by atoms with van der Waals surface area (Å²) in [6.45, 7) is 0.0783. The van der Waals surface area contributed by atoms with Crippen LogP contribution in [-0.4, -0.2) is 56.8 Å². The van der Waals surface area contributed by atoms with Crippen LogP contribution >= 0.6 is 11.6 Å². The molecular weight excluding hydrogens is 445 g/mol. The normalized spacial score (nSPS) is 15.8. The van der Waals surface area contributed by atoms with E-state index in [0.29, 0.717) is 17.4 Å². The number of nitrogens with zero attached hydrogens (tertiary/aromatic N) is 2. The number of ether oxygens (including phenoxy) is 1. The number of piperazine rings is 1. The van der Waals surface area contributed by atoms with Gasteiger partial charge in [-0.05, 0) is 42.5 Å². The summed E-state index contributed by atoms with van der Waals surface area (Å²) >= 11 is 5.89. The van der Waals surface area contributed by atoms with Crippen molar-refractivity contribution >= 4 is 27.5 Å². The van der Waals surface area contributed by atoms with E-state index >= 15 is 0 Å². The lowest BCUT2D eigenvalue weighted by atomic mass is 10.2. The van der Waals surface area contributed by atoms with Crippen molar-refractivity contribution in [2.75, 3.05) is 33.3 Å². The summed E-state index contributed by atoms with van der Waals surface area (Å²) in [5.74, 6) is 0.326. The Morgan fingerprint density at radius 1 is 1.03 bits per heavy atom. The third kappa shape index (κ3) is 4.55. The molecule has 0 radical (unpaired) electrons. The van der Waals surface area contributed by atoms with Crippen LogP contribution in [0, 0.1) is 0 Å². The number of carbonyl (C=O) groups excluding carboxylic acids is 1. The van der Waals surface area contributed by atoms with Crippen LogP contribution in [0.1, 0.15) is 15.9 Å². The van der Waals surface area contributed by atoms with Crippen molar-refractivity contribution in [1.82, 2.24) is 9.21 Å². The molecule has 0 atom stereocenters. The summed E-state index contributed by atoms with van der Waals surface area (Å²) in [7, 11) is -2.74. The number of benzene rings is 2. The van der Waals surface area contributed by atoms with Gasteiger partial charge in [0.15, 0.2) is 0 Å². The van der Waals surface area contributed by atoms with Gasteiger partial charge in [0.1, 0.15) is 10.6 Å². The lowest BCUT2D eigenvalue weighted by Crippen LogP contribution is -2.50. The molecule has 30 heavy (non-hydrogen) atoms. The molecule has 6 nitrogen and oxygen atoms in total. The molecule has 162 valence electrons. The van der Waals surface area contributed by atoms with Crippen LogP contribution in [0.2, 0.25) is 5.02 Å². The lowest BCUT2D eigenvalue weighted by molar-refractivity contribution is -0.137. The second-order valence-electron chi connectivity index (χ2n) is 6.57. The van der Waals surface area contributed by atoms with Gasteiger partial charge in [-0.2, -0.15) is 17.5 Å². The predicted molar refractivity (Wildman–Crippen MR) is 104 cm³/mol. The fourth-order valence-electron chi connectivity index (χ4n) is 3.06. The number of amides is 1. The van der Waals surface area contributed by atoms with Gasteiger partial charge in [-0.3, -0.25) is 4.79 Å². The summed E-state index contributed by atoms with van der Waals surface area (Å²) in [6.07, 6.45) is -4.70. The number of methoxy groups -OCH3 is 1. The zero-order chi connectivity index (χ0) is 22.1. The molecule has 11 heteroatoms. The van der Waals surface area contributed by atoms with Crippen molar-refractivity contribution in [3.8, 4) is 5.75 Å². The average molecular weight is 463 g/mol. The maximum Gasteiger partial charge on any atom is 0.416 e. The van der Waals surface area contributed by atoms with Crippen molar-refractivity contribution < 1.29 is 31.1 Å². The van der Waals surface area contributed by atoms with E-state index in [1.165, 1.54) is 12.0 Å². The second-order valence-corrected chi connectivity index (χ2v) is 8.88. The van der Waals surface area contributed by atoms with Gasteiger partial charge < -0.3 is 9.64 Å². The van der Waals surface area contributed by atoms with Gasteiger partial charge in [-0.25, -0.2) is 8.42 Å². The standard InChI is InChI=1S/C19H18ClF3N2O4S/c1-29-15-5-2-13(3-6-15)18(26)24-8-10-25(11-9-24)30(27,28)17-12-14(19(21,22)23)4-7-16(17)20/h2-7,12H,8-11H2,1H3. The van der Waals surface area contributed by atoms with Crippen molar-refractivity contribution in [2.24, 2.45) is 0 Å². The number of rotatable bonds is 4. The number of halogens is 4. The molecule has 1 heterocycles. The molecular formula is C19H18ClF3N2O4S. The largest absolute Gasteiger partial charge is 0.497 e. The summed E-state index contributed by atoms with van der Waals surface area (Å²) in [5.41, 5.74) is -0.674. The first-order valence-electron chi connectivity index (χ1n) is 8.84. The first kappa shape index (κ1) is 22.4. The van der Waals surface area contributed by atoms with Crippen LogP contribution < -0.4 is 4.74 Å². The summed E-state index contributed by atoms with van der Waals surface area (Å²) < 4.78 is 70.7. The Balaban J connectivity index is 1.74. The molecule has 0 aromatic heterocycles. The maximum atomic E-state index is 13.0. The number of alkyl halides is 3. The van der Waals surface area contributed by atoms with E-state index in [1.54, 1.807) is 24.3 Å². The highest BCUT2D eigenvalue weighted by molar-refractivity contribution is 7.89. The summed E-state index contributed by atoms with van der Waals surface area (Å²) in [6, 6.07) is 8.67. The second kappa shape index (κ2) is 8.44. The van der Waals surface area contributed by atoms with Crippen LogP contribution in [0.25, 0.3) is 0 Å². The van der Waals surface area contributed by atoms with Crippen LogP contribution in [0.15, 0.2) is 47.4 Å². The van der Waals surface area contributed by atoms with E-state index in [-0.39, 0.29) is 37.1 Å². The summed E-state index contributed by atoms with van der Waals surface area (Å²) in [4.78, 5) is 13.5. The monoisotopic (exact) mass is 462 g/mol. The minimum Gasteiger partial charge on any atom is -0.497 e. The molecule has 1 aliphatic heterocycles. The Kier molecular flexibility index (Phi) is 6.30. The Morgan fingerprint density at radius 2 is 1.63 bits per heavy atom. The van der Waals surface area contributed by atoms with Gasteiger partial charge in [0.05, 0.1) is 17.7 Å². The Hall–Kier alpha value is -2.30. The summed E-state index contributed by atoms with van der Waals surface area (Å²) in [5, 5.41) is -0.292. The van der Waals surface area contributed by atoms with Gasteiger partial charge in [0.2, 0.25) is 10.0 Å². The quantitative estimate of drug-likeness (QED) is 0.697. The number of hydrogen-bond acceptors (Lipinski definition) is 4. The number of carbonyl (C=O) groups is 1. The van der Waals surface area contributed by atoms with Crippen molar-refractivity contribution in [3.05, 3.63) is 58.6 Å². The molecule has 1 fully saturated rings. The van der Waals surface area contributed by atoms with Gasteiger partial charge in [-0.1, -0.05) is 11.6 Å². The molecule has 2 aromatic rings. The van der Waals surface area contributed by atoms with Crippen LogP contribution in [0.5, 0.6) is 5.75 Å². The Labute approximate surface area is 176 Å². The van der Waals surface area contributed by atoms with Crippen molar-refractivity contribution in [3.63, 3.8) is 0 Å². The molecule has 0 aliphatic carbocycles. The van der Waals surface area contributed by atoms with E-state index in [2.05, 4.69) is 0 Å². The van der Waals surface area contributed by atoms with E-state index < -0.39 is 26.7 Å². The molecule has 1 saturated heterocycles. The fourth-order valence-corrected chi connectivity index (χ4v) is 4.99. The average Bonchev–Trinajstić information content (AvgIpc) is 2.72. The SMILES string of the molecule is COc1ccc(C(=O)N2CCN(S(=O)(=O)c3cc(C(F)(F)F)ccc3Cl)CC2)cc1. The molecule has 3 rings (SSSR count). The zero-order valence-corrected chi connectivity index (χ0v) is 17.4. The highest BCUT2D eigenvalue weighted by atomic mass is 35.5. The lowest BCUT2D eigenvalue weighted by Gasteiger charge is -2.34. The molecule has 0 spiro atoms. The predicted octanol–water partition coefficient (Wildman–Crippen LogP) is 3.51. The van der Waals surface area contributed by atoms with Crippen molar-refractivity contribution in [1.29, 1.82) is 0 Å². The van der Waals surface area contributed by atoms with Crippen LogP contribution in [-0.2, 0) is 16.2 Å². The fraction of sp³-hybridized carbons (Fsp3) is 0.316. The van der Waals surface area contributed by atoms with Gasteiger partial charge in [0.25, 0.3) is 5.91 Å². The van der Waals surface area contributed by atoms with E-state index in [4.69, 9.17) is 16.3 Å². The minimum absolute atomic E-state index is 0.0587. The van der Waals surface area contributed by atoms with Gasteiger partial charge >= 0.3 is 6.18 Å². The molecule has 0 saturated carbocycles. The van der Waals surface area contributed by atoms with E-state index in [9.17, 15) is 26.4 Å². The maximum absolute atomic E-state index is 13.0. The first-order valence-corrected chi connectivity index (χ1v) is 10.7. The Morgan fingerprint density at radius 3 is 2.17 bits per heavy atom. The number of sulfonamides is 1. The minimum atomic E-state index is -4.70. The van der Waals surface area contributed by atoms with Gasteiger partial charge in [0, 0.05) is 31.7 Å². The van der Waals surface area contributed by atoms with Crippen molar-refractivity contribution in [2.45, 2.75) is 11.1 Å². The highest BCUT2D eigenvalue weighted by Gasteiger charge is 2.36. The molecule has 2 aromatic carbocycles. The first-order chi connectivity index (χ1) is 14.0. The molecule has 1 aliphatic rings. The topological polar surface area (TPSA) is 66.9 Å². The van der Waals surface area contributed by atoms with Gasteiger partial charge in [-0.15, -0.1) is 0 Å². The smallest absolute Gasteiger partial charge is 0.416 e. The molecule has 0 N–H and O–H groups in total. The van der Waals surface area contributed by atoms with Crippen LogP contribution in [0.3, 0.4) is 0 Å². The zero-order valence-electron chi connectivity index (χ0n) is 15.8. The third-order valence-corrected chi connectivity index (χ3v) is 7.12.